The maximum atomic E-state index is 13.3. The topological polar surface area (TPSA) is 12.0 Å². The number of hydrogen-bond donors (Lipinski definition) is 1. The molecule has 1 N–H and O–H groups in total. The lowest BCUT2D eigenvalue weighted by molar-refractivity contribution is 0.628. The predicted octanol–water partition coefficient (Wildman–Crippen LogP) is 4.17. The second-order valence-electron chi connectivity index (χ2n) is 4.36. The second-order valence-corrected chi connectivity index (χ2v) is 4.77. The van der Waals surface area contributed by atoms with Crippen molar-refractivity contribution in [1.82, 2.24) is 5.32 Å². The molecule has 0 fully saturated rings. The molecule has 0 atom stereocenters. The maximum absolute atomic E-state index is 13.3. The molecule has 0 aromatic heterocycles. The van der Waals surface area contributed by atoms with Gasteiger partial charge < -0.3 is 5.32 Å². The van der Waals surface area contributed by atoms with Crippen LogP contribution in [0.15, 0.2) is 36.4 Å². The van der Waals surface area contributed by atoms with E-state index in [-0.39, 0.29) is 5.82 Å². The van der Waals surface area contributed by atoms with Crippen LogP contribution in [0.1, 0.15) is 11.1 Å². The van der Waals surface area contributed by atoms with E-state index in [1.165, 1.54) is 12.1 Å². The highest BCUT2D eigenvalue weighted by Crippen LogP contribution is 2.30. The van der Waals surface area contributed by atoms with Crippen LogP contribution in [0.5, 0.6) is 0 Å². The molecule has 2 rings (SSSR count). The molecule has 0 heterocycles. The van der Waals surface area contributed by atoms with Gasteiger partial charge in [0.2, 0.25) is 0 Å². The first-order valence-electron chi connectivity index (χ1n) is 5.81. The summed E-state index contributed by atoms with van der Waals surface area (Å²) in [4.78, 5) is 0. The molecule has 1 nitrogen and oxygen atoms in total. The van der Waals surface area contributed by atoms with E-state index in [0.717, 1.165) is 28.8 Å². The zero-order valence-electron chi connectivity index (χ0n) is 10.4. The van der Waals surface area contributed by atoms with Crippen molar-refractivity contribution >= 4 is 11.6 Å². The van der Waals surface area contributed by atoms with Crippen LogP contribution in [0.4, 0.5) is 4.39 Å². The van der Waals surface area contributed by atoms with Crippen molar-refractivity contribution in [2.45, 2.75) is 13.5 Å². The fourth-order valence-corrected chi connectivity index (χ4v) is 2.27. The van der Waals surface area contributed by atoms with E-state index >= 15 is 0 Å². The highest BCUT2D eigenvalue weighted by atomic mass is 35.5. The zero-order valence-corrected chi connectivity index (χ0v) is 11.2. The van der Waals surface area contributed by atoms with Gasteiger partial charge in [0, 0.05) is 17.1 Å². The molecule has 0 saturated carbocycles. The first-order valence-corrected chi connectivity index (χ1v) is 6.18. The Hall–Kier alpha value is -1.38. The molecule has 94 valence electrons. The van der Waals surface area contributed by atoms with Gasteiger partial charge in [0.25, 0.3) is 0 Å². The van der Waals surface area contributed by atoms with E-state index in [1.807, 2.05) is 26.1 Å². The van der Waals surface area contributed by atoms with Crippen LogP contribution in [0.2, 0.25) is 5.02 Å². The summed E-state index contributed by atoms with van der Waals surface area (Å²) in [6.45, 7) is 2.80. The third kappa shape index (κ3) is 2.89. The number of halogens is 2. The average molecular weight is 264 g/mol. The van der Waals surface area contributed by atoms with Crippen molar-refractivity contribution in [2.24, 2.45) is 0 Å². The van der Waals surface area contributed by atoms with E-state index in [1.54, 1.807) is 6.07 Å². The molecule has 2 aromatic rings. The van der Waals surface area contributed by atoms with E-state index in [2.05, 4.69) is 11.4 Å². The molecule has 0 aliphatic carbocycles. The monoisotopic (exact) mass is 263 g/mol. The van der Waals surface area contributed by atoms with Crippen LogP contribution in [0.25, 0.3) is 11.1 Å². The van der Waals surface area contributed by atoms with Gasteiger partial charge in [-0.15, -0.1) is 0 Å². The first kappa shape index (κ1) is 13.1. The standard InChI is InChI=1S/C15H15ClFN/c1-10-5-11(9-18-2)7-12(6-10)14-8-13(17)3-4-15(14)16/h3-8,18H,9H2,1-2H3. The van der Waals surface area contributed by atoms with Crippen LogP contribution in [0, 0.1) is 12.7 Å². The van der Waals surface area contributed by atoms with Crippen LogP contribution in [0.3, 0.4) is 0 Å². The summed E-state index contributed by atoms with van der Waals surface area (Å²) in [7, 11) is 1.90. The van der Waals surface area contributed by atoms with E-state index < -0.39 is 0 Å². The van der Waals surface area contributed by atoms with Crippen molar-refractivity contribution < 1.29 is 4.39 Å². The van der Waals surface area contributed by atoms with Gasteiger partial charge >= 0.3 is 0 Å². The summed E-state index contributed by atoms with van der Waals surface area (Å²) in [6.07, 6.45) is 0. The van der Waals surface area contributed by atoms with Gasteiger partial charge in [-0.05, 0) is 49.4 Å². The predicted molar refractivity (Wildman–Crippen MR) is 74.3 cm³/mol. The Morgan fingerprint density at radius 1 is 1.17 bits per heavy atom. The van der Waals surface area contributed by atoms with Crippen LogP contribution in [-0.4, -0.2) is 7.05 Å². The fourth-order valence-electron chi connectivity index (χ4n) is 2.04. The molecule has 0 aliphatic rings. The molecule has 3 heteroatoms. The van der Waals surface area contributed by atoms with Crippen LogP contribution < -0.4 is 5.32 Å². The molecular weight excluding hydrogens is 249 g/mol. The molecule has 0 bridgehead atoms. The summed E-state index contributed by atoms with van der Waals surface area (Å²) < 4.78 is 13.3. The zero-order chi connectivity index (χ0) is 13.1. The molecule has 0 amide bonds. The number of hydrogen-bond acceptors (Lipinski definition) is 1. The van der Waals surface area contributed by atoms with Gasteiger partial charge in [0.15, 0.2) is 0 Å². The largest absolute Gasteiger partial charge is 0.316 e. The Labute approximate surface area is 112 Å². The Bertz CT molecular complexity index is 566. The Morgan fingerprint density at radius 3 is 2.67 bits per heavy atom. The van der Waals surface area contributed by atoms with Crippen molar-refractivity contribution in [3.05, 3.63) is 58.4 Å². The average Bonchev–Trinajstić information content (AvgIpc) is 2.32. The molecule has 0 saturated heterocycles. The molecule has 0 unspecified atom stereocenters. The van der Waals surface area contributed by atoms with Crippen molar-refractivity contribution in [3.63, 3.8) is 0 Å². The van der Waals surface area contributed by atoms with Gasteiger partial charge in [-0.25, -0.2) is 4.39 Å². The van der Waals surface area contributed by atoms with E-state index in [9.17, 15) is 4.39 Å². The van der Waals surface area contributed by atoms with Crippen molar-refractivity contribution in [3.8, 4) is 11.1 Å². The quantitative estimate of drug-likeness (QED) is 0.876. The molecule has 2 aromatic carbocycles. The van der Waals surface area contributed by atoms with Crippen molar-refractivity contribution in [1.29, 1.82) is 0 Å². The number of aryl methyl sites for hydroxylation is 1. The molecule has 18 heavy (non-hydrogen) atoms. The Balaban J connectivity index is 2.52. The van der Waals surface area contributed by atoms with Crippen LogP contribution >= 0.6 is 11.6 Å². The minimum Gasteiger partial charge on any atom is -0.316 e. The Kier molecular flexibility index (Phi) is 4.00. The lowest BCUT2D eigenvalue weighted by atomic mass is 10.00. The van der Waals surface area contributed by atoms with Gasteiger partial charge in [-0.2, -0.15) is 0 Å². The normalized spacial score (nSPS) is 10.7. The maximum Gasteiger partial charge on any atom is 0.123 e. The van der Waals surface area contributed by atoms with Gasteiger partial charge in [-0.3, -0.25) is 0 Å². The summed E-state index contributed by atoms with van der Waals surface area (Å²) >= 11 is 6.13. The summed E-state index contributed by atoms with van der Waals surface area (Å²) in [5.74, 6) is -0.272. The highest BCUT2D eigenvalue weighted by Gasteiger charge is 2.07. The molecular formula is C15H15ClFN. The summed E-state index contributed by atoms with van der Waals surface area (Å²) in [6, 6.07) is 10.6. The fraction of sp³-hybridized carbons (Fsp3) is 0.200. The number of nitrogens with one attached hydrogen (secondary N) is 1. The number of benzene rings is 2. The lowest BCUT2D eigenvalue weighted by Gasteiger charge is -2.09. The van der Waals surface area contributed by atoms with Crippen LogP contribution in [-0.2, 0) is 6.54 Å². The van der Waals surface area contributed by atoms with Gasteiger partial charge in [-0.1, -0.05) is 29.3 Å². The third-order valence-corrected chi connectivity index (χ3v) is 3.09. The lowest BCUT2D eigenvalue weighted by Crippen LogP contribution is -2.05. The van der Waals surface area contributed by atoms with Gasteiger partial charge in [0.05, 0.1) is 0 Å². The number of rotatable bonds is 3. The smallest absolute Gasteiger partial charge is 0.123 e. The molecule has 0 aliphatic heterocycles. The molecule has 0 spiro atoms. The summed E-state index contributed by atoms with van der Waals surface area (Å²) in [5, 5.41) is 3.68. The molecule has 0 radical (unpaired) electrons. The van der Waals surface area contributed by atoms with Crippen molar-refractivity contribution in [2.75, 3.05) is 7.05 Å². The van der Waals surface area contributed by atoms with Gasteiger partial charge in [0.1, 0.15) is 5.82 Å². The second kappa shape index (κ2) is 5.51. The van der Waals surface area contributed by atoms with E-state index in [4.69, 9.17) is 11.6 Å². The van der Waals surface area contributed by atoms with E-state index in [0.29, 0.717) is 5.02 Å². The SMILES string of the molecule is CNCc1cc(C)cc(-c2cc(F)ccc2Cl)c1. The first-order chi connectivity index (χ1) is 8.60. The third-order valence-electron chi connectivity index (χ3n) is 2.76. The minimum absolute atomic E-state index is 0.272. The summed E-state index contributed by atoms with van der Waals surface area (Å²) in [5.41, 5.74) is 3.98. The minimum atomic E-state index is -0.272. The highest BCUT2D eigenvalue weighted by molar-refractivity contribution is 6.33. The Morgan fingerprint density at radius 2 is 1.94 bits per heavy atom.